The molecule has 118 valence electrons. The summed E-state index contributed by atoms with van der Waals surface area (Å²) in [5.74, 6) is 0. The maximum Gasteiger partial charge on any atom is 0.244 e. The van der Waals surface area contributed by atoms with E-state index in [4.69, 9.17) is 10.5 Å². The summed E-state index contributed by atoms with van der Waals surface area (Å²) >= 11 is 0. The summed E-state index contributed by atoms with van der Waals surface area (Å²) in [5.41, 5.74) is 6.21. The van der Waals surface area contributed by atoms with E-state index in [0.717, 1.165) is 12.8 Å². The van der Waals surface area contributed by atoms with Crippen LogP contribution < -0.4 is 11.1 Å². The number of rotatable bonds is 5. The first-order valence-corrected chi connectivity index (χ1v) is 8.43. The summed E-state index contributed by atoms with van der Waals surface area (Å²) in [7, 11) is -0.440. The van der Waals surface area contributed by atoms with Crippen molar-refractivity contribution in [1.29, 1.82) is 0 Å². The van der Waals surface area contributed by atoms with Crippen LogP contribution in [0.15, 0.2) is 29.2 Å². The van der Waals surface area contributed by atoms with Crippen LogP contribution in [0.5, 0.6) is 0 Å². The van der Waals surface area contributed by atoms with Gasteiger partial charge < -0.3 is 15.8 Å². The molecule has 1 fully saturated rings. The summed E-state index contributed by atoms with van der Waals surface area (Å²) in [6.07, 6.45) is 1.53. The van der Waals surface area contributed by atoms with Gasteiger partial charge in [-0.25, -0.2) is 12.7 Å². The van der Waals surface area contributed by atoms with Crippen molar-refractivity contribution in [2.24, 2.45) is 5.73 Å². The predicted molar refractivity (Wildman–Crippen MR) is 82.8 cm³/mol. The number of nitrogens with one attached hydrogen (secondary N) is 1. The van der Waals surface area contributed by atoms with Gasteiger partial charge in [-0.05, 0) is 25.0 Å². The molecule has 0 radical (unpaired) electrons. The topological polar surface area (TPSA) is 84.7 Å². The molecule has 21 heavy (non-hydrogen) atoms. The third kappa shape index (κ3) is 3.37. The number of para-hydroxylation sites is 1. The Labute approximate surface area is 126 Å². The highest BCUT2D eigenvalue weighted by molar-refractivity contribution is 7.89. The molecule has 1 aliphatic rings. The van der Waals surface area contributed by atoms with Crippen molar-refractivity contribution in [2.75, 3.05) is 39.2 Å². The molecule has 0 saturated carbocycles. The Morgan fingerprint density at radius 1 is 1.29 bits per heavy atom. The second-order valence-corrected chi connectivity index (χ2v) is 7.63. The van der Waals surface area contributed by atoms with E-state index in [2.05, 4.69) is 5.32 Å². The minimum Gasteiger partial charge on any atom is -0.381 e. The van der Waals surface area contributed by atoms with Gasteiger partial charge in [-0.15, -0.1) is 0 Å². The highest BCUT2D eigenvalue weighted by atomic mass is 32.2. The number of ether oxygens (including phenoxy) is 1. The van der Waals surface area contributed by atoms with Gasteiger partial charge in [0.1, 0.15) is 4.90 Å². The van der Waals surface area contributed by atoms with E-state index < -0.39 is 10.0 Å². The summed E-state index contributed by atoms with van der Waals surface area (Å²) in [4.78, 5) is 0.273. The molecular formula is C14H23N3O3S. The van der Waals surface area contributed by atoms with Gasteiger partial charge in [-0.2, -0.15) is 0 Å². The van der Waals surface area contributed by atoms with Crippen molar-refractivity contribution in [3.05, 3.63) is 24.3 Å². The fourth-order valence-corrected chi connectivity index (χ4v) is 3.46. The molecule has 0 bridgehead atoms. The highest BCUT2D eigenvalue weighted by Gasteiger charge is 2.33. The van der Waals surface area contributed by atoms with E-state index in [-0.39, 0.29) is 10.4 Å². The summed E-state index contributed by atoms with van der Waals surface area (Å²) in [6, 6.07) is 6.94. The van der Waals surface area contributed by atoms with Crippen LogP contribution in [0.4, 0.5) is 5.69 Å². The fraction of sp³-hybridized carbons (Fsp3) is 0.571. The third-order valence-corrected chi connectivity index (χ3v) is 5.76. The van der Waals surface area contributed by atoms with Gasteiger partial charge >= 0.3 is 0 Å². The molecule has 1 aromatic rings. The van der Waals surface area contributed by atoms with E-state index in [9.17, 15) is 8.42 Å². The predicted octanol–water partition coefficient (Wildman–Crippen LogP) is 0.857. The van der Waals surface area contributed by atoms with Crippen molar-refractivity contribution >= 4 is 15.7 Å². The van der Waals surface area contributed by atoms with Gasteiger partial charge in [-0.1, -0.05) is 12.1 Å². The van der Waals surface area contributed by atoms with E-state index in [1.54, 1.807) is 18.2 Å². The molecule has 1 saturated heterocycles. The Balaban J connectivity index is 2.37. The van der Waals surface area contributed by atoms with Crippen molar-refractivity contribution in [2.45, 2.75) is 23.3 Å². The largest absolute Gasteiger partial charge is 0.381 e. The van der Waals surface area contributed by atoms with Gasteiger partial charge in [0.25, 0.3) is 0 Å². The average Bonchev–Trinajstić information content (AvgIpc) is 2.48. The lowest BCUT2D eigenvalue weighted by atomic mass is 9.90. The SMILES string of the molecule is CN(C)S(=O)(=O)c1ccccc1NC1(CN)CCOCC1. The zero-order valence-electron chi connectivity index (χ0n) is 12.5. The van der Waals surface area contributed by atoms with Crippen molar-refractivity contribution in [3.8, 4) is 0 Å². The van der Waals surface area contributed by atoms with Crippen LogP contribution in [0, 0.1) is 0 Å². The van der Waals surface area contributed by atoms with E-state index in [1.807, 2.05) is 6.07 Å². The Hall–Kier alpha value is -1.15. The maximum absolute atomic E-state index is 12.4. The average molecular weight is 313 g/mol. The molecule has 0 aromatic heterocycles. The number of anilines is 1. The number of hydrogen-bond acceptors (Lipinski definition) is 5. The Morgan fingerprint density at radius 2 is 1.90 bits per heavy atom. The van der Waals surface area contributed by atoms with Gasteiger partial charge in [0.15, 0.2) is 0 Å². The fourth-order valence-electron chi connectivity index (χ4n) is 2.42. The third-order valence-electron chi connectivity index (χ3n) is 3.89. The van der Waals surface area contributed by atoms with Crippen molar-refractivity contribution in [1.82, 2.24) is 4.31 Å². The van der Waals surface area contributed by atoms with E-state index in [1.165, 1.54) is 18.4 Å². The number of nitrogens with two attached hydrogens (primary N) is 1. The smallest absolute Gasteiger partial charge is 0.244 e. The number of nitrogens with zero attached hydrogens (tertiary/aromatic N) is 1. The molecule has 0 aliphatic carbocycles. The lowest BCUT2D eigenvalue weighted by Gasteiger charge is -2.38. The molecule has 3 N–H and O–H groups in total. The second-order valence-electron chi connectivity index (χ2n) is 5.51. The first kappa shape index (κ1) is 16.2. The number of sulfonamides is 1. The Kier molecular flexibility index (Phi) is 4.88. The Morgan fingerprint density at radius 3 is 2.48 bits per heavy atom. The van der Waals surface area contributed by atoms with Crippen LogP contribution in [0.1, 0.15) is 12.8 Å². The molecule has 7 heteroatoms. The zero-order chi connectivity index (χ0) is 15.5. The quantitative estimate of drug-likeness (QED) is 0.842. The van der Waals surface area contributed by atoms with Gasteiger partial charge in [0.05, 0.1) is 11.2 Å². The molecule has 0 unspecified atom stereocenters. The Bertz CT molecular complexity index is 581. The second kappa shape index (κ2) is 6.31. The molecule has 0 spiro atoms. The zero-order valence-corrected chi connectivity index (χ0v) is 13.3. The van der Waals surface area contributed by atoms with Crippen LogP contribution in [0.25, 0.3) is 0 Å². The minimum atomic E-state index is -3.49. The first-order chi connectivity index (χ1) is 9.91. The lowest BCUT2D eigenvalue weighted by molar-refractivity contribution is 0.0627. The standard InChI is InChI=1S/C14H23N3O3S/c1-17(2)21(18,19)13-6-4-3-5-12(13)16-14(11-15)7-9-20-10-8-14/h3-6,16H,7-11,15H2,1-2H3. The summed E-state index contributed by atoms with van der Waals surface area (Å²) in [6.45, 7) is 1.70. The normalized spacial score (nSPS) is 18.7. The summed E-state index contributed by atoms with van der Waals surface area (Å²) < 4.78 is 31.4. The maximum atomic E-state index is 12.4. The molecule has 2 rings (SSSR count). The van der Waals surface area contributed by atoms with Crippen LogP contribution in [0.2, 0.25) is 0 Å². The number of benzene rings is 1. The van der Waals surface area contributed by atoms with Crippen LogP contribution in [-0.4, -0.2) is 52.1 Å². The molecule has 0 atom stereocenters. The van der Waals surface area contributed by atoms with E-state index in [0.29, 0.717) is 25.4 Å². The monoisotopic (exact) mass is 313 g/mol. The minimum absolute atomic E-state index is 0.273. The lowest BCUT2D eigenvalue weighted by Crippen LogP contribution is -2.50. The van der Waals surface area contributed by atoms with Gasteiger partial charge in [-0.3, -0.25) is 0 Å². The van der Waals surface area contributed by atoms with Crippen LogP contribution in [0.3, 0.4) is 0 Å². The van der Waals surface area contributed by atoms with Crippen molar-refractivity contribution < 1.29 is 13.2 Å². The molecule has 1 aromatic carbocycles. The first-order valence-electron chi connectivity index (χ1n) is 6.99. The van der Waals surface area contributed by atoms with Crippen LogP contribution in [-0.2, 0) is 14.8 Å². The molecule has 0 amide bonds. The van der Waals surface area contributed by atoms with Gasteiger partial charge in [0.2, 0.25) is 10.0 Å². The van der Waals surface area contributed by atoms with Crippen molar-refractivity contribution in [3.63, 3.8) is 0 Å². The van der Waals surface area contributed by atoms with E-state index >= 15 is 0 Å². The molecular weight excluding hydrogens is 290 g/mol. The molecule has 6 nitrogen and oxygen atoms in total. The molecule has 1 heterocycles. The van der Waals surface area contributed by atoms with Gasteiger partial charge in [0, 0.05) is 33.9 Å². The molecule has 1 aliphatic heterocycles. The van der Waals surface area contributed by atoms with Crippen LogP contribution >= 0.6 is 0 Å². The summed E-state index contributed by atoms with van der Waals surface area (Å²) in [5, 5.41) is 3.36. The number of hydrogen-bond donors (Lipinski definition) is 2. The highest BCUT2D eigenvalue weighted by Crippen LogP contribution is 2.30.